The summed E-state index contributed by atoms with van der Waals surface area (Å²) in [5.41, 5.74) is 6.46. The third-order valence-electron chi connectivity index (χ3n) is 3.88. The van der Waals surface area contributed by atoms with Crippen molar-refractivity contribution >= 4 is 11.7 Å². The Hall–Kier alpha value is -2.08. The van der Waals surface area contributed by atoms with Gasteiger partial charge in [-0.3, -0.25) is 4.79 Å². The fourth-order valence-corrected chi connectivity index (χ4v) is 2.60. The van der Waals surface area contributed by atoms with Crippen LogP contribution < -0.4 is 5.73 Å². The first kappa shape index (κ1) is 15.3. The number of nitrogens with two attached hydrogens (primary N) is 1. The first-order valence-electron chi connectivity index (χ1n) is 7.02. The summed E-state index contributed by atoms with van der Waals surface area (Å²) >= 11 is 0. The molecule has 2 rings (SSSR count). The number of ether oxygens (including phenoxy) is 1. The van der Waals surface area contributed by atoms with Crippen LogP contribution in [0.5, 0.6) is 0 Å². The zero-order valence-corrected chi connectivity index (χ0v) is 12.1. The summed E-state index contributed by atoms with van der Waals surface area (Å²) in [6.45, 7) is 1.31. The van der Waals surface area contributed by atoms with E-state index < -0.39 is 5.92 Å². The largest absolute Gasteiger partial charge is 0.409 e. The molecule has 6 heteroatoms. The highest BCUT2D eigenvalue weighted by Gasteiger charge is 2.32. The number of carbonyl (C=O) groups is 1. The predicted octanol–water partition coefficient (Wildman–Crippen LogP) is 1.15. The van der Waals surface area contributed by atoms with E-state index in [9.17, 15) is 4.79 Å². The number of amides is 1. The second-order valence-corrected chi connectivity index (χ2v) is 5.16. The lowest BCUT2D eigenvalue weighted by molar-refractivity contribution is -0.133. The van der Waals surface area contributed by atoms with Crippen LogP contribution in [-0.2, 0) is 9.53 Å². The molecule has 1 aromatic rings. The van der Waals surface area contributed by atoms with Crippen LogP contribution in [0.3, 0.4) is 0 Å². The van der Waals surface area contributed by atoms with Crippen LogP contribution in [0.2, 0.25) is 0 Å². The number of carbonyl (C=O) groups excluding carboxylic acids is 1. The molecule has 0 aromatic heterocycles. The van der Waals surface area contributed by atoms with E-state index in [1.54, 1.807) is 24.1 Å². The molecule has 1 saturated heterocycles. The molecular formula is C15H21N3O3. The van der Waals surface area contributed by atoms with Crippen molar-refractivity contribution in [2.75, 3.05) is 20.3 Å². The summed E-state index contributed by atoms with van der Waals surface area (Å²) in [5, 5.41) is 12.0. The Morgan fingerprint density at radius 1 is 1.38 bits per heavy atom. The quantitative estimate of drug-likeness (QED) is 0.377. The number of amidine groups is 1. The molecule has 114 valence electrons. The first-order chi connectivity index (χ1) is 10.1. The van der Waals surface area contributed by atoms with Gasteiger partial charge in [0.2, 0.25) is 5.91 Å². The molecule has 1 heterocycles. The monoisotopic (exact) mass is 291 g/mol. The van der Waals surface area contributed by atoms with Gasteiger partial charge in [0.05, 0.1) is 0 Å². The second kappa shape index (κ2) is 7.08. The molecule has 21 heavy (non-hydrogen) atoms. The van der Waals surface area contributed by atoms with Crippen molar-refractivity contribution in [1.29, 1.82) is 0 Å². The molecule has 1 aromatic carbocycles. The van der Waals surface area contributed by atoms with Crippen LogP contribution in [0, 0.1) is 0 Å². The van der Waals surface area contributed by atoms with Gasteiger partial charge in [0.15, 0.2) is 5.84 Å². The zero-order chi connectivity index (χ0) is 15.2. The number of hydrogen-bond donors (Lipinski definition) is 2. The van der Waals surface area contributed by atoms with Crippen molar-refractivity contribution in [3.63, 3.8) is 0 Å². The highest BCUT2D eigenvalue weighted by molar-refractivity contribution is 6.07. The molecule has 1 aliphatic rings. The topological polar surface area (TPSA) is 88.2 Å². The van der Waals surface area contributed by atoms with E-state index in [0.29, 0.717) is 13.2 Å². The Bertz CT molecular complexity index is 498. The normalized spacial score (nSPS) is 18.2. The van der Waals surface area contributed by atoms with Crippen molar-refractivity contribution in [1.82, 2.24) is 4.90 Å². The third-order valence-corrected chi connectivity index (χ3v) is 3.88. The van der Waals surface area contributed by atoms with Crippen molar-refractivity contribution in [3.8, 4) is 0 Å². The lowest BCUT2D eigenvalue weighted by Crippen LogP contribution is -2.45. The Kier molecular flexibility index (Phi) is 5.16. The van der Waals surface area contributed by atoms with Crippen LogP contribution in [0.25, 0.3) is 0 Å². The van der Waals surface area contributed by atoms with Crippen molar-refractivity contribution < 1.29 is 14.7 Å². The Morgan fingerprint density at radius 3 is 2.57 bits per heavy atom. The Balaban J connectivity index is 2.22. The lowest BCUT2D eigenvalue weighted by Gasteiger charge is -2.33. The summed E-state index contributed by atoms with van der Waals surface area (Å²) in [5.74, 6) is -1.02. The summed E-state index contributed by atoms with van der Waals surface area (Å²) in [4.78, 5) is 14.4. The average molecular weight is 291 g/mol. The number of hydrogen-bond acceptors (Lipinski definition) is 4. The van der Waals surface area contributed by atoms with Crippen LogP contribution in [0.4, 0.5) is 0 Å². The van der Waals surface area contributed by atoms with Gasteiger partial charge < -0.3 is 20.6 Å². The van der Waals surface area contributed by atoms with Crippen LogP contribution in [-0.4, -0.2) is 48.2 Å². The highest BCUT2D eigenvalue weighted by atomic mass is 16.5. The molecule has 0 spiro atoms. The molecule has 1 amide bonds. The van der Waals surface area contributed by atoms with E-state index in [-0.39, 0.29) is 17.8 Å². The Labute approximate surface area is 124 Å². The van der Waals surface area contributed by atoms with E-state index in [1.165, 1.54) is 0 Å². The van der Waals surface area contributed by atoms with Crippen molar-refractivity contribution in [2.45, 2.75) is 24.8 Å². The van der Waals surface area contributed by atoms with Gasteiger partial charge in [-0.25, -0.2) is 0 Å². The van der Waals surface area contributed by atoms with Gasteiger partial charge in [0, 0.05) is 26.3 Å². The molecule has 0 radical (unpaired) electrons. The summed E-state index contributed by atoms with van der Waals surface area (Å²) in [6, 6.07) is 9.25. The molecule has 1 unspecified atom stereocenters. The standard InChI is InChI=1S/C15H21N3O3/c1-18(12-7-9-21-10-8-12)15(19)13(14(16)17-20)11-5-3-2-4-6-11/h2-6,12-13,20H,7-10H2,1H3,(H2,16,17). The molecule has 0 aliphatic carbocycles. The van der Waals surface area contributed by atoms with Crippen LogP contribution in [0.1, 0.15) is 24.3 Å². The summed E-state index contributed by atoms with van der Waals surface area (Å²) in [6.07, 6.45) is 1.61. The molecule has 1 aliphatic heterocycles. The highest BCUT2D eigenvalue weighted by Crippen LogP contribution is 2.22. The van der Waals surface area contributed by atoms with E-state index in [4.69, 9.17) is 15.7 Å². The van der Waals surface area contributed by atoms with Crippen LogP contribution in [0.15, 0.2) is 35.5 Å². The number of oxime groups is 1. The van der Waals surface area contributed by atoms with Crippen LogP contribution >= 0.6 is 0 Å². The van der Waals surface area contributed by atoms with Gasteiger partial charge in [0.1, 0.15) is 5.92 Å². The van der Waals surface area contributed by atoms with Crippen molar-refractivity contribution in [3.05, 3.63) is 35.9 Å². The number of benzene rings is 1. The second-order valence-electron chi connectivity index (χ2n) is 5.16. The van der Waals surface area contributed by atoms with Gasteiger partial charge in [-0.2, -0.15) is 0 Å². The molecule has 1 atom stereocenters. The fourth-order valence-electron chi connectivity index (χ4n) is 2.60. The lowest BCUT2D eigenvalue weighted by atomic mass is 9.95. The molecule has 6 nitrogen and oxygen atoms in total. The summed E-state index contributed by atoms with van der Waals surface area (Å²) < 4.78 is 5.32. The summed E-state index contributed by atoms with van der Waals surface area (Å²) in [7, 11) is 1.76. The zero-order valence-electron chi connectivity index (χ0n) is 12.1. The van der Waals surface area contributed by atoms with Crippen molar-refractivity contribution in [2.24, 2.45) is 10.9 Å². The molecule has 1 fully saturated rings. The number of nitrogens with zero attached hydrogens (tertiary/aromatic N) is 2. The van der Waals surface area contributed by atoms with Gasteiger partial charge in [-0.05, 0) is 18.4 Å². The predicted molar refractivity (Wildman–Crippen MR) is 79.2 cm³/mol. The minimum Gasteiger partial charge on any atom is -0.409 e. The van der Waals surface area contributed by atoms with E-state index in [0.717, 1.165) is 18.4 Å². The Morgan fingerprint density at radius 2 is 2.00 bits per heavy atom. The molecular weight excluding hydrogens is 270 g/mol. The smallest absolute Gasteiger partial charge is 0.237 e. The number of likely N-dealkylation sites (N-methyl/N-ethyl adjacent to an activating group) is 1. The molecule has 3 N–H and O–H groups in total. The molecule has 0 bridgehead atoms. The number of rotatable bonds is 4. The average Bonchev–Trinajstić information content (AvgIpc) is 2.55. The van der Waals surface area contributed by atoms with Gasteiger partial charge in [0.25, 0.3) is 0 Å². The SMILES string of the molecule is CN(C(=O)C(C(N)=NO)c1ccccc1)C1CCOCC1. The maximum atomic E-state index is 12.8. The van der Waals surface area contributed by atoms with E-state index in [2.05, 4.69) is 5.16 Å². The van der Waals surface area contributed by atoms with E-state index in [1.807, 2.05) is 18.2 Å². The van der Waals surface area contributed by atoms with Gasteiger partial charge >= 0.3 is 0 Å². The van der Waals surface area contributed by atoms with E-state index >= 15 is 0 Å². The third kappa shape index (κ3) is 3.52. The fraction of sp³-hybridized carbons (Fsp3) is 0.467. The maximum absolute atomic E-state index is 12.8. The molecule has 0 saturated carbocycles. The van der Waals surface area contributed by atoms with Gasteiger partial charge in [-0.15, -0.1) is 0 Å². The maximum Gasteiger partial charge on any atom is 0.237 e. The minimum absolute atomic E-state index is 0.0925. The van der Waals surface area contributed by atoms with Gasteiger partial charge in [-0.1, -0.05) is 35.5 Å². The first-order valence-corrected chi connectivity index (χ1v) is 7.02. The minimum atomic E-state index is -0.760.